The van der Waals surface area contributed by atoms with Crippen molar-refractivity contribution in [3.8, 4) is 0 Å². The average molecular weight is 196 g/mol. The van der Waals surface area contributed by atoms with Crippen LogP contribution >= 0.6 is 0 Å². The quantitative estimate of drug-likeness (QED) is 0.688. The zero-order chi connectivity index (χ0) is 10.2. The van der Waals surface area contributed by atoms with Gasteiger partial charge >= 0.3 is 0 Å². The summed E-state index contributed by atoms with van der Waals surface area (Å²) in [5.41, 5.74) is 0.662. The summed E-state index contributed by atoms with van der Waals surface area (Å²) in [4.78, 5) is 2.69. The van der Waals surface area contributed by atoms with Crippen molar-refractivity contribution in [3.05, 3.63) is 0 Å². The van der Waals surface area contributed by atoms with E-state index in [1.54, 1.807) is 0 Å². The first-order valence-corrected chi connectivity index (χ1v) is 6.09. The maximum absolute atomic E-state index is 3.48. The SMILES string of the molecule is CC(C)N1CC2(CCNCC2)CC1C. The predicted molar refractivity (Wildman–Crippen MR) is 60.5 cm³/mol. The molecule has 0 aromatic rings. The van der Waals surface area contributed by atoms with E-state index in [4.69, 9.17) is 0 Å². The van der Waals surface area contributed by atoms with Crippen molar-refractivity contribution in [2.45, 2.75) is 52.1 Å². The molecule has 2 nitrogen and oxygen atoms in total. The minimum atomic E-state index is 0.662. The van der Waals surface area contributed by atoms with Crippen molar-refractivity contribution in [1.29, 1.82) is 0 Å². The standard InChI is InChI=1S/C12H24N2/c1-10(2)14-9-12(8-11(14)3)4-6-13-7-5-12/h10-11,13H,4-9H2,1-3H3. The minimum absolute atomic E-state index is 0.662. The van der Waals surface area contributed by atoms with Gasteiger partial charge in [0.25, 0.3) is 0 Å². The van der Waals surface area contributed by atoms with Crippen molar-refractivity contribution in [2.24, 2.45) is 5.41 Å². The van der Waals surface area contributed by atoms with Crippen molar-refractivity contribution in [3.63, 3.8) is 0 Å². The first-order valence-electron chi connectivity index (χ1n) is 6.09. The third-order valence-corrected chi connectivity index (χ3v) is 4.14. The Hall–Kier alpha value is -0.0800. The zero-order valence-electron chi connectivity index (χ0n) is 9.84. The first-order chi connectivity index (χ1) is 6.63. The van der Waals surface area contributed by atoms with Crippen molar-refractivity contribution >= 4 is 0 Å². The molecule has 0 saturated carbocycles. The van der Waals surface area contributed by atoms with Gasteiger partial charge in [-0.15, -0.1) is 0 Å². The second-order valence-corrected chi connectivity index (χ2v) is 5.57. The molecule has 2 fully saturated rings. The molecule has 2 aliphatic heterocycles. The molecular weight excluding hydrogens is 172 g/mol. The smallest absolute Gasteiger partial charge is 0.00756 e. The van der Waals surface area contributed by atoms with Crippen LogP contribution in [0.3, 0.4) is 0 Å². The third-order valence-electron chi connectivity index (χ3n) is 4.14. The first kappa shape index (κ1) is 10.4. The Morgan fingerprint density at radius 3 is 2.43 bits per heavy atom. The van der Waals surface area contributed by atoms with E-state index in [0.29, 0.717) is 5.41 Å². The summed E-state index contributed by atoms with van der Waals surface area (Å²) in [6.45, 7) is 10.9. The van der Waals surface area contributed by atoms with E-state index in [1.165, 1.54) is 38.9 Å². The summed E-state index contributed by atoms with van der Waals surface area (Å²) in [6, 6.07) is 1.52. The maximum Gasteiger partial charge on any atom is 0.00756 e. The lowest BCUT2D eigenvalue weighted by Crippen LogP contribution is -2.40. The fraction of sp³-hybridized carbons (Fsp3) is 1.00. The molecular formula is C12H24N2. The lowest BCUT2D eigenvalue weighted by molar-refractivity contribution is 0.170. The summed E-state index contributed by atoms with van der Waals surface area (Å²) >= 11 is 0. The summed E-state index contributed by atoms with van der Waals surface area (Å²) in [5.74, 6) is 0. The molecule has 1 N–H and O–H groups in total. The molecule has 0 aromatic carbocycles. The van der Waals surface area contributed by atoms with Crippen molar-refractivity contribution in [2.75, 3.05) is 19.6 Å². The highest BCUT2D eigenvalue weighted by atomic mass is 15.2. The van der Waals surface area contributed by atoms with Crippen molar-refractivity contribution < 1.29 is 0 Å². The Morgan fingerprint density at radius 1 is 1.29 bits per heavy atom. The van der Waals surface area contributed by atoms with Gasteiger partial charge in [0.1, 0.15) is 0 Å². The van der Waals surface area contributed by atoms with Crippen LogP contribution in [0.2, 0.25) is 0 Å². The van der Waals surface area contributed by atoms with Crippen LogP contribution in [0.25, 0.3) is 0 Å². The molecule has 0 aliphatic carbocycles. The Morgan fingerprint density at radius 2 is 1.93 bits per heavy atom. The number of hydrogen-bond acceptors (Lipinski definition) is 2. The molecule has 82 valence electrons. The third kappa shape index (κ3) is 1.82. The van der Waals surface area contributed by atoms with Gasteiger partial charge in [-0.05, 0) is 58.5 Å². The van der Waals surface area contributed by atoms with E-state index in [0.717, 1.165) is 12.1 Å². The molecule has 1 unspecified atom stereocenters. The van der Waals surface area contributed by atoms with Gasteiger partial charge in [-0.2, -0.15) is 0 Å². The number of piperidine rings is 1. The normalized spacial score (nSPS) is 33.0. The number of hydrogen-bond donors (Lipinski definition) is 1. The second kappa shape index (κ2) is 3.82. The molecule has 0 radical (unpaired) electrons. The fourth-order valence-corrected chi connectivity index (χ4v) is 3.36. The molecule has 2 saturated heterocycles. The van der Waals surface area contributed by atoms with Gasteiger partial charge in [0.2, 0.25) is 0 Å². The largest absolute Gasteiger partial charge is 0.317 e. The van der Waals surface area contributed by atoms with Crippen LogP contribution in [0.1, 0.15) is 40.0 Å². The minimum Gasteiger partial charge on any atom is -0.317 e. The molecule has 0 amide bonds. The Balaban J connectivity index is 2.03. The fourth-order valence-electron chi connectivity index (χ4n) is 3.36. The molecule has 1 spiro atoms. The van der Waals surface area contributed by atoms with E-state index in [2.05, 4.69) is 31.0 Å². The van der Waals surface area contributed by atoms with Gasteiger partial charge in [0, 0.05) is 18.6 Å². The summed E-state index contributed by atoms with van der Waals surface area (Å²) in [7, 11) is 0. The molecule has 2 heteroatoms. The molecule has 2 heterocycles. The van der Waals surface area contributed by atoms with E-state index in [1.807, 2.05) is 0 Å². The molecule has 0 bridgehead atoms. The molecule has 1 atom stereocenters. The summed E-state index contributed by atoms with van der Waals surface area (Å²) in [6.07, 6.45) is 4.20. The van der Waals surface area contributed by atoms with Gasteiger partial charge in [-0.1, -0.05) is 0 Å². The predicted octanol–water partition coefficient (Wildman–Crippen LogP) is 1.86. The van der Waals surface area contributed by atoms with Crippen LogP contribution in [0.5, 0.6) is 0 Å². The highest BCUT2D eigenvalue weighted by molar-refractivity contribution is 4.97. The van der Waals surface area contributed by atoms with Gasteiger partial charge in [-0.3, -0.25) is 4.90 Å². The number of nitrogens with one attached hydrogen (secondary N) is 1. The Kier molecular flexibility index (Phi) is 2.85. The topological polar surface area (TPSA) is 15.3 Å². The van der Waals surface area contributed by atoms with Gasteiger partial charge < -0.3 is 5.32 Å². The van der Waals surface area contributed by atoms with E-state index in [9.17, 15) is 0 Å². The highest BCUT2D eigenvalue weighted by Gasteiger charge is 2.43. The summed E-state index contributed by atoms with van der Waals surface area (Å²) in [5, 5.41) is 3.48. The lowest BCUT2D eigenvalue weighted by Gasteiger charge is -2.34. The Bertz CT molecular complexity index is 194. The van der Waals surface area contributed by atoms with Crippen LogP contribution in [0.15, 0.2) is 0 Å². The van der Waals surface area contributed by atoms with Crippen LogP contribution < -0.4 is 5.32 Å². The van der Waals surface area contributed by atoms with Crippen LogP contribution in [0, 0.1) is 5.41 Å². The number of rotatable bonds is 1. The van der Waals surface area contributed by atoms with Gasteiger partial charge in [-0.25, -0.2) is 0 Å². The molecule has 2 aliphatic rings. The zero-order valence-corrected chi connectivity index (χ0v) is 9.84. The lowest BCUT2D eigenvalue weighted by atomic mass is 9.77. The van der Waals surface area contributed by atoms with Crippen molar-refractivity contribution in [1.82, 2.24) is 10.2 Å². The van der Waals surface area contributed by atoms with E-state index in [-0.39, 0.29) is 0 Å². The number of likely N-dealkylation sites (tertiary alicyclic amines) is 1. The maximum atomic E-state index is 3.48. The average Bonchev–Trinajstić information content (AvgIpc) is 2.44. The summed E-state index contributed by atoms with van der Waals surface area (Å²) < 4.78 is 0. The highest BCUT2D eigenvalue weighted by Crippen LogP contribution is 2.42. The van der Waals surface area contributed by atoms with Crippen LogP contribution in [-0.4, -0.2) is 36.6 Å². The molecule has 2 rings (SSSR count). The second-order valence-electron chi connectivity index (χ2n) is 5.57. The Labute approximate surface area is 88.1 Å². The number of nitrogens with zero attached hydrogens (tertiary/aromatic N) is 1. The van der Waals surface area contributed by atoms with Gasteiger partial charge in [0.05, 0.1) is 0 Å². The monoisotopic (exact) mass is 196 g/mol. The van der Waals surface area contributed by atoms with E-state index < -0.39 is 0 Å². The molecule has 0 aromatic heterocycles. The van der Waals surface area contributed by atoms with Gasteiger partial charge in [0.15, 0.2) is 0 Å². The molecule has 14 heavy (non-hydrogen) atoms. The van der Waals surface area contributed by atoms with E-state index >= 15 is 0 Å². The van der Waals surface area contributed by atoms with Crippen LogP contribution in [-0.2, 0) is 0 Å². The van der Waals surface area contributed by atoms with Crippen LogP contribution in [0.4, 0.5) is 0 Å².